The Labute approximate surface area is 201 Å². The minimum Gasteiger partial charge on any atom is -0.490 e. The zero-order valence-corrected chi connectivity index (χ0v) is 21.0. The minimum absolute atomic E-state index is 0.0862. The Morgan fingerprint density at radius 2 is 2.06 bits per heavy atom. The number of rotatable bonds is 6. The SMILES string of the molecule is CCC(C)(C)OC(=O)N1CCC(Oc2ccc3c(c2C)N(c2cnc(OC)c(C)c2)CCO3)C1. The van der Waals surface area contributed by atoms with Gasteiger partial charge in [-0.2, -0.15) is 0 Å². The maximum absolute atomic E-state index is 12.6. The second-order valence-corrected chi connectivity index (χ2v) is 9.51. The molecule has 1 amide bonds. The average molecular weight is 470 g/mol. The molecule has 1 atom stereocenters. The van der Waals surface area contributed by atoms with E-state index in [0.29, 0.717) is 32.1 Å². The van der Waals surface area contributed by atoms with Crippen LogP contribution < -0.4 is 19.1 Å². The monoisotopic (exact) mass is 469 g/mol. The van der Waals surface area contributed by atoms with E-state index in [1.165, 1.54) is 0 Å². The van der Waals surface area contributed by atoms with E-state index >= 15 is 0 Å². The highest BCUT2D eigenvalue weighted by Crippen LogP contribution is 2.43. The van der Waals surface area contributed by atoms with E-state index in [0.717, 1.165) is 46.8 Å². The van der Waals surface area contributed by atoms with Crippen LogP contribution in [0.1, 0.15) is 44.7 Å². The maximum Gasteiger partial charge on any atom is 0.410 e. The van der Waals surface area contributed by atoms with Crippen LogP contribution in [-0.4, -0.2) is 61.0 Å². The zero-order chi connectivity index (χ0) is 24.5. The van der Waals surface area contributed by atoms with Crippen LogP contribution in [0.2, 0.25) is 0 Å². The Hall–Kier alpha value is -3.16. The van der Waals surface area contributed by atoms with Gasteiger partial charge in [-0.25, -0.2) is 9.78 Å². The van der Waals surface area contributed by atoms with E-state index in [9.17, 15) is 4.79 Å². The Balaban J connectivity index is 1.52. The van der Waals surface area contributed by atoms with Crippen molar-refractivity contribution in [3.63, 3.8) is 0 Å². The first-order valence-corrected chi connectivity index (χ1v) is 11.9. The van der Waals surface area contributed by atoms with Crippen molar-refractivity contribution in [1.29, 1.82) is 0 Å². The molecule has 184 valence electrons. The molecule has 0 bridgehead atoms. The lowest BCUT2D eigenvalue weighted by atomic mass is 10.1. The molecule has 1 unspecified atom stereocenters. The van der Waals surface area contributed by atoms with Crippen LogP contribution in [0.3, 0.4) is 0 Å². The minimum atomic E-state index is -0.469. The number of hydrogen-bond acceptors (Lipinski definition) is 7. The van der Waals surface area contributed by atoms with E-state index < -0.39 is 5.60 Å². The van der Waals surface area contributed by atoms with Gasteiger partial charge < -0.3 is 28.7 Å². The molecular weight excluding hydrogens is 434 g/mol. The van der Waals surface area contributed by atoms with Crippen molar-refractivity contribution < 1.29 is 23.7 Å². The highest BCUT2D eigenvalue weighted by molar-refractivity contribution is 5.76. The van der Waals surface area contributed by atoms with Crippen molar-refractivity contribution in [1.82, 2.24) is 9.88 Å². The predicted octanol–water partition coefficient (Wildman–Crippen LogP) is 5.02. The quantitative estimate of drug-likeness (QED) is 0.588. The van der Waals surface area contributed by atoms with Gasteiger partial charge in [-0.3, -0.25) is 0 Å². The molecule has 2 aliphatic heterocycles. The third kappa shape index (κ3) is 4.86. The summed E-state index contributed by atoms with van der Waals surface area (Å²) in [6, 6.07) is 5.99. The fraction of sp³-hybridized carbons (Fsp3) is 0.538. The number of benzene rings is 1. The molecule has 34 heavy (non-hydrogen) atoms. The summed E-state index contributed by atoms with van der Waals surface area (Å²) in [5.41, 5.74) is 3.47. The Bertz CT molecular complexity index is 1050. The molecule has 8 nitrogen and oxygen atoms in total. The maximum atomic E-state index is 12.6. The molecule has 1 saturated heterocycles. The number of anilines is 2. The third-order valence-electron chi connectivity index (χ3n) is 6.62. The predicted molar refractivity (Wildman–Crippen MR) is 131 cm³/mol. The second-order valence-electron chi connectivity index (χ2n) is 9.51. The highest BCUT2D eigenvalue weighted by atomic mass is 16.6. The summed E-state index contributed by atoms with van der Waals surface area (Å²) in [6.45, 7) is 12.3. The summed E-state index contributed by atoms with van der Waals surface area (Å²) < 4.78 is 23.3. The summed E-state index contributed by atoms with van der Waals surface area (Å²) >= 11 is 0. The molecule has 2 aromatic rings. The fourth-order valence-electron chi connectivity index (χ4n) is 4.30. The molecule has 2 aliphatic rings. The number of pyridine rings is 1. The largest absolute Gasteiger partial charge is 0.490 e. The van der Waals surface area contributed by atoms with E-state index in [4.69, 9.17) is 18.9 Å². The smallest absolute Gasteiger partial charge is 0.410 e. The number of ether oxygens (including phenoxy) is 4. The molecular formula is C26H35N3O5. The zero-order valence-electron chi connectivity index (χ0n) is 21.0. The molecule has 8 heteroatoms. The molecule has 0 N–H and O–H groups in total. The van der Waals surface area contributed by atoms with Crippen molar-refractivity contribution in [2.24, 2.45) is 0 Å². The van der Waals surface area contributed by atoms with Gasteiger partial charge in [0.2, 0.25) is 5.88 Å². The Kier molecular flexibility index (Phi) is 6.77. The van der Waals surface area contributed by atoms with E-state index in [2.05, 4.69) is 16.0 Å². The van der Waals surface area contributed by atoms with Crippen LogP contribution in [0.25, 0.3) is 0 Å². The first kappa shape index (κ1) is 24.0. The van der Waals surface area contributed by atoms with Crippen molar-refractivity contribution in [2.45, 2.75) is 59.2 Å². The first-order chi connectivity index (χ1) is 16.2. The van der Waals surface area contributed by atoms with E-state index in [1.807, 2.05) is 52.9 Å². The number of nitrogens with zero attached hydrogens (tertiary/aromatic N) is 3. The van der Waals surface area contributed by atoms with Gasteiger partial charge in [0.15, 0.2) is 0 Å². The molecule has 3 heterocycles. The van der Waals surface area contributed by atoms with Crippen LogP contribution in [0.5, 0.6) is 17.4 Å². The number of hydrogen-bond donors (Lipinski definition) is 0. The molecule has 1 aromatic carbocycles. The summed E-state index contributed by atoms with van der Waals surface area (Å²) in [5, 5.41) is 0. The number of carbonyl (C=O) groups excluding carboxylic acids is 1. The van der Waals surface area contributed by atoms with Crippen molar-refractivity contribution in [3.05, 3.63) is 35.5 Å². The van der Waals surface area contributed by atoms with Crippen LogP contribution >= 0.6 is 0 Å². The first-order valence-electron chi connectivity index (χ1n) is 11.9. The fourth-order valence-corrected chi connectivity index (χ4v) is 4.30. The summed E-state index contributed by atoms with van der Waals surface area (Å²) in [7, 11) is 1.63. The number of methoxy groups -OCH3 is 1. The van der Waals surface area contributed by atoms with Crippen LogP contribution in [0, 0.1) is 13.8 Å². The lowest BCUT2D eigenvalue weighted by molar-refractivity contribution is 0.0137. The van der Waals surface area contributed by atoms with Crippen molar-refractivity contribution >= 4 is 17.5 Å². The van der Waals surface area contributed by atoms with Crippen molar-refractivity contribution in [2.75, 3.05) is 38.3 Å². The second kappa shape index (κ2) is 9.60. The molecule has 0 radical (unpaired) electrons. The van der Waals surface area contributed by atoms with E-state index in [-0.39, 0.29) is 12.2 Å². The van der Waals surface area contributed by atoms with E-state index in [1.54, 1.807) is 12.0 Å². The Morgan fingerprint density at radius 3 is 2.76 bits per heavy atom. The van der Waals surface area contributed by atoms with Crippen molar-refractivity contribution in [3.8, 4) is 17.4 Å². The van der Waals surface area contributed by atoms with Gasteiger partial charge in [0.25, 0.3) is 0 Å². The topological polar surface area (TPSA) is 73.4 Å². The lowest BCUT2D eigenvalue weighted by Crippen LogP contribution is -2.37. The molecule has 0 saturated carbocycles. The molecule has 4 rings (SSSR count). The van der Waals surface area contributed by atoms with Crippen LogP contribution in [0.4, 0.5) is 16.2 Å². The van der Waals surface area contributed by atoms with Gasteiger partial charge in [-0.05, 0) is 52.3 Å². The number of carbonyl (C=O) groups is 1. The standard InChI is InChI=1S/C26H35N3O5/c1-7-26(4,5)34-25(30)28-11-10-20(16-28)33-21-8-9-22-23(18(21)3)29(12-13-32-22)19-14-17(2)24(31-6)27-15-19/h8-9,14-15,20H,7,10-13,16H2,1-6H3. The third-order valence-corrected chi connectivity index (χ3v) is 6.62. The highest BCUT2D eigenvalue weighted by Gasteiger charge is 2.33. The normalized spacial score (nSPS) is 17.8. The molecule has 0 aliphatic carbocycles. The lowest BCUT2D eigenvalue weighted by Gasteiger charge is -2.33. The number of amides is 1. The molecule has 1 aromatic heterocycles. The van der Waals surface area contributed by atoms with Crippen LogP contribution in [-0.2, 0) is 4.74 Å². The van der Waals surface area contributed by atoms with Gasteiger partial charge in [0.05, 0.1) is 37.8 Å². The number of aryl methyl sites for hydroxylation is 1. The number of likely N-dealkylation sites (tertiary alicyclic amines) is 1. The average Bonchev–Trinajstić information content (AvgIpc) is 3.29. The van der Waals surface area contributed by atoms with Crippen LogP contribution in [0.15, 0.2) is 24.4 Å². The van der Waals surface area contributed by atoms with Gasteiger partial charge in [-0.1, -0.05) is 6.92 Å². The van der Waals surface area contributed by atoms with Gasteiger partial charge in [0, 0.05) is 24.1 Å². The Morgan fingerprint density at radius 1 is 1.26 bits per heavy atom. The number of aromatic nitrogens is 1. The summed E-state index contributed by atoms with van der Waals surface area (Å²) in [4.78, 5) is 21.0. The van der Waals surface area contributed by atoms with Gasteiger partial charge >= 0.3 is 6.09 Å². The van der Waals surface area contributed by atoms with Gasteiger partial charge in [0.1, 0.15) is 29.8 Å². The number of fused-ring (bicyclic) bond motifs is 1. The summed E-state index contributed by atoms with van der Waals surface area (Å²) in [5.74, 6) is 2.24. The summed E-state index contributed by atoms with van der Waals surface area (Å²) in [6.07, 6.45) is 2.99. The van der Waals surface area contributed by atoms with Gasteiger partial charge in [-0.15, -0.1) is 0 Å². The molecule has 0 spiro atoms. The molecule has 1 fully saturated rings.